The molecule has 0 unspecified atom stereocenters. The SMILES string of the molecule is CN=C(C)/C(CN)=C(/C)NC. The van der Waals surface area contributed by atoms with Gasteiger partial charge in [0.1, 0.15) is 0 Å². The fourth-order valence-electron chi connectivity index (χ4n) is 0.858. The number of hydrogen-bond acceptors (Lipinski definition) is 3. The summed E-state index contributed by atoms with van der Waals surface area (Å²) in [4.78, 5) is 4.07. The molecule has 0 fully saturated rings. The van der Waals surface area contributed by atoms with Gasteiger partial charge in [0.2, 0.25) is 0 Å². The normalized spacial score (nSPS) is 14.5. The van der Waals surface area contributed by atoms with Crippen LogP contribution in [0.5, 0.6) is 0 Å². The van der Waals surface area contributed by atoms with Gasteiger partial charge in [-0.3, -0.25) is 4.99 Å². The molecule has 0 atom stereocenters. The molecule has 0 radical (unpaired) electrons. The van der Waals surface area contributed by atoms with Crippen LogP contribution in [0, 0.1) is 0 Å². The molecule has 0 rings (SSSR count). The Morgan fingerprint density at radius 3 is 2.27 bits per heavy atom. The van der Waals surface area contributed by atoms with E-state index in [1.54, 1.807) is 7.05 Å². The maximum Gasteiger partial charge on any atom is 0.0375 e. The predicted molar refractivity (Wildman–Crippen MR) is 49.8 cm³/mol. The smallest absolute Gasteiger partial charge is 0.0375 e. The van der Waals surface area contributed by atoms with Crippen LogP contribution in [0.2, 0.25) is 0 Å². The van der Waals surface area contributed by atoms with Crippen molar-refractivity contribution in [2.45, 2.75) is 13.8 Å². The zero-order valence-corrected chi connectivity index (χ0v) is 7.73. The first kappa shape index (κ1) is 10.2. The molecule has 3 nitrogen and oxygen atoms in total. The molecule has 0 saturated heterocycles. The van der Waals surface area contributed by atoms with Gasteiger partial charge in [0.25, 0.3) is 0 Å². The van der Waals surface area contributed by atoms with Gasteiger partial charge < -0.3 is 11.1 Å². The van der Waals surface area contributed by atoms with E-state index in [1.165, 1.54) is 0 Å². The van der Waals surface area contributed by atoms with Crippen LogP contribution in [0.15, 0.2) is 16.3 Å². The van der Waals surface area contributed by atoms with E-state index in [2.05, 4.69) is 10.3 Å². The fourth-order valence-corrected chi connectivity index (χ4v) is 0.858. The van der Waals surface area contributed by atoms with Crippen molar-refractivity contribution in [1.29, 1.82) is 0 Å². The fraction of sp³-hybridized carbons (Fsp3) is 0.625. The van der Waals surface area contributed by atoms with Crippen molar-refractivity contribution in [3.63, 3.8) is 0 Å². The summed E-state index contributed by atoms with van der Waals surface area (Å²) >= 11 is 0. The Labute approximate surface area is 68.4 Å². The van der Waals surface area contributed by atoms with Gasteiger partial charge in [0.05, 0.1) is 0 Å². The topological polar surface area (TPSA) is 50.4 Å². The average Bonchev–Trinajstić information content (AvgIpc) is 2.05. The van der Waals surface area contributed by atoms with E-state index in [4.69, 9.17) is 5.73 Å². The van der Waals surface area contributed by atoms with Crippen molar-refractivity contribution >= 4 is 5.71 Å². The third kappa shape index (κ3) is 2.72. The molecule has 11 heavy (non-hydrogen) atoms. The first-order valence-corrected chi connectivity index (χ1v) is 3.68. The number of allylic oxidation sites excluding steroid dienone is 1. The van der Waals surface area contributed by atoms with Crippen LogP contribution >= 0.6 is 0 Å². The Morgan fingerprint density at radius 1 is 1.45 bits per heavy atom. The third-order valence-electron chi connectivity index (χ3n) is 1.80. The minimum Gasteiger partial charge on any atom is -0.391 e. The summed E-state index contributed by atoms with van der Waals surface area (Å²) in [6, 6.07) is 0. The van der Waals surface area contributed by atoms with Gasteiger partial charge in [-0.15, -0.1) is 0 Å². The molecule has 0 spiro atoms. The van der Waals surface area contributed by atoms with E-state index in [0.29, 0.717) is 6.54 Å². The lowest BCUT2D eigenvalue weighted by atomic mass is 10.1. The van der Waals surface area contributed by atoms with Crippen LogP contribution in [0.1, 0.15) is 13.8 Å². The largest absolute Gasteiger partial charge is 0.391 e. The Morgan fingerprint density at radius 2 is 2.00 bits per heavy atom. The van der Waals surface area contributed by atoms with Gasteiger partial charge >= 0.3 is 0 Å². The lowest BCUT2D eigenvalue weighted by Crippen LogP contribution is -2.17. The quantitative estimate of drug-likeness (QED) is 0.584. The summed E-state index contributed by atoms with van der Waals surface area (Å²) in [5.41, 5.74) is 8.73. The van der Waals surface area contributed by atoms with Crippen LogP contribution in [0.25, 0.3) is 0 Å². The Balaban J connectivity index is 4.65. The zero-order valence-electron chi connectivity index (χ0n) is 7.73. The van der Waals surface area contributed by atoms with Crippen molar-refractivity contribution < 1.29 is 0 Å². The summed E-state index contributed by atoms with van der Waals surface area (Å²) in [7, 11) is 3.65. The summed E-state index contributed by atoms with van der Waals surface area (Å²) < 4.78 is 0. The molecule has 0 bridgehead atoms. The van der Waals surface area contributed by atoms with Crippen molar-refractivity contribution in [3.05, 3.63) is 11.3 Å². The zero-order chi connectivity index (χ0) is 8.85. The molecule has 0 heterocycles. The van der Waals surface area contributed by atoms with Gasteiger partial charge in [0.15, 0.2) is 0 Å². The van der Waals surface area contributed by atoms with E-state index in [0.717, 1.165) is 17.0 Å². The molecule has 0 amide bonds. The Bertz CT molecular complexity index is 180. The molecule has 0 aromatic carbocycles. The molecule has 0 aliphatic heterocycles. The molecular formula is C8H17N3. The highest BCUT2D eigenvalue weighted by Gasteiger charge is 2.01. The predicted octanol–water partition coefficient (Wildman–Crippen LogP) is 0.529. The molecule has 0 aliphatic rings. The molecular weight excluding hydrogens is 138 g/mol. The van der Waals surface area contributed by atoms with Crippen LogP contribution in [-0.4, -0.2) is 26.4 Å². The molecule has 0 saturated carbocycles. The summed E-state index contributed by atoms with van der Waals surface area (Å²) in [5, 5.41) is 3.05. The lowest BCUT2D eigenvalue weighted by molar-refractivity contribution is 0.955. The van der Waals surface area contributed by atoms with E-state index in [1.807, 2.05) is 20.9 Å². The number of nitrogens with one attached hydrogen (secondary N) is 1. The number of hydrogen-bond donors (Lipinski definition) is 2. The number of nitrogens with zero attached hydrogens (tertiary/aromatic N) is 1. The molecule has 0 aromatic heterocycles. The average molecular weight is 155 g/mol. The summed E-state index contributed by atoms with van der Waals surface area (Å²) in [5.74, 6) is 0. The Kier molecular flexibility index (Phi) is 4.54. The third-order valence-corrected chi connectivity index (χ3v) is 1.80. The van der Waals surface area contributed by atoms with Crippen LogP contribution in [-0.2, 0) is 0 Å². The molecule has 64 valence electrons. The number of nitrogens with two attached hydrogens (primary N) is 1. The van der Waals surface area contributed by atoms with E-state index in [9.17, 15) is 0 Å². The second-order valence-corrected chi connectivity index (χ2v) is 2.37. The first-order chi connectivity index (χ1) is 5.17. The van der Waals surface area contributed by atoms with E-state index in [-0.39, 0.29) is 0 Å². The second kappa shape index (κ2) is 4.91. The standard InChI is InChI=1S/C8H17N3/c1-6(10-3)8(5-9)7(2)11-4/h10H,5,9H2,1-4H3/b8-6-,11-7?. The minimum atomic E-state index is 0.538. The maximum atomic E-state index is 5.55. The molecule has 3 N–H and O–H groups in total. The number of aliphatic imine (C=N–C) groups is 1. The highest BCUT2D eigenvalue weighted by molar-refractivity contribution is 5.99. The van der Waals surface area contributed by atoms with Gasteiger partial charge in [0, 0.05) is 37.6 Å². The van der Waals surface area contributed by atoms with Crippen LogP contribution in [0.4, 0.5) is 0 Å². The molecule has 3 heteroatoms. The molecule has 0 aliphatic carbocycles. The van der Waals surface area contributed by atoms with Crippen molar-refractivity contribution in [1.82, 2.24) is 5.32 Å². The summed E-state index contributed by atoms with van der Waals surface area (Å²) in [6.07, 6.45) is 0. The van der Waals surface area contributed by atoms with E-state index < -0.39 is 0 Å². The first-order valence-electron chi connectivity index (χ1n) is 3.68. The maximum absolute atomic E-state index is 5.55. The minimum absolute atomic E-state index is 0.538. The van der Waals surface area contributed by atoms with Crippen molar-refractivity contribution in [2.75, 3.05) is 20.6 Å². The number of rotatable bonds is 3. The van der Waals surface area contributed by atoms with Gasteiger partial charge in [-0.1, -0.05) is 0 Å². The molecule has 0 aromatic rings. The van der Waals surface area contributed by atoms with Gasteiger partial charge in [-0.05, 0) is 13.8 Å². The van der Waals surface area contributed by atoms with Crippen molar-refractivity contribution in [3.8, 4) is 0 Å². The van der Waals surface area contributed by atoms with Crippen LogP contribution in [0.3, 0.4) is 0 Å². The highest BCUT2D eigenvalue weighted by atomic mass is 14.8. The monoisotopic (exact) mass is 155 g/mol. The highest BCUT2D eigenvalue weighted by Crippen LogP contribution is 2.00. The summed E-state index contributed by atoms with van der Waals surface area (Å²) in [6.45, 7) is 4.50. The van der Waals surface area contributed by atoms with Crippen LogP contribution < -0.4 is 11.1 Å². The second-order valence-electron chi connectivity index (χ2n) is 2.37. The van der Waals surface area contributed by atoms with Gasteiger partial charge in [-0.25, -0.2) is 0 Å². The van der Waals surface area contributed by atoms with Crippen molar-refractivity contribution in [2.24, 2.45) is 10.7 Å². The Hall–Kier alpha value is -0.830. The van der Waals surface area contributed by atoms with E-state index >= 15 is 0 Å². The van der Waals surface area contributed by atoms with Gasteiger partial charge in [-0.2, -0.15) is 0 Å². The lowest BCUT2D eigenvalue weighted by Gasteiger charge is -2.08.